The largest absolute Gasteiger partial charge is 0.488 e. The number of benzene rings is 1. The SMILES string of the molecule is Cc1ccc2c(c1)CC(CNC1CCCC1CCl)O2. The Bertz CT molecular complexity index is 448. The van der Waals surface area contributed by atoms with Crippen LogP contribution in [-0.4, -0.2) is 24.6 Å². The van der Waals surface area contributed by atoms with Crippen molar-refractivity contribution in [2.45, 2.75) is 44.8 Å². The maximum absolute atomic E-state index is 6.02. The molecular formula is C16H22ClNO. The summed E-state index contributed by atoms with van der Waals surface area (Å²) in [5.41, 5.74) is 2.67. The first-order valence-corrected chi connectivity index (χ1v) is 7.85. The molecule has 1 N–H and O–H groups in total. The fourth-order valence-corrected chi connectivity index (χ4v) is 3.71. The lowest BCUT2D eigenvalue weighted by Gasteiger charge is -2.21. The van der Waals surface area contributed by atoms with Crippen molar-refractivity contribution in [1.82, 2.24) is 5.32 Å². The zero-order valence-corrected chi connectivity index (χ0v) is 12.2. The van der Waals surface area contributed by atoms with E-state index in [-0.39, 0.29) is 6.10 Å². The zero-order valence-electron chi connectivity index (χ0n) is 11.5. The van der Waals surface area contributed by atoms with E-state index >= 15 is 0 Å². The predicted octanol–water partition coefficient (Wildman–Crippen LogP) is 3.30. The number of alkyl halides is 1. The molecule has 0 radical (unpaired) electrons. The standard InChI is InChI=1S/C16H22ClNO/c1-11-5-6-16-13(7-11)8-14(19-16)10-18-15-4-2-3-12(15)9-17/h5-7,12,14-15,18H,2-4,8-10H2,1H3. The topological polar surface area (TPSA) is 21.3 Å². The lowest BCUT2D eigenvalue weighted by Crippen LogP contribution is -2.39. The molecule has 3 atom stereocenters. The highest BCUT2D eigenvalue weighted by Gasteiger charge is 2.28. The monoisotopic (exact) mass is 279 g/mol. The number of ether oxygens (including phenoxy) is 1. The number of halogens is 1. The van der Waals surface area contributed by atoms with Crippen molar-refractivity contribution in [2.75, 3.05) is 12.4 Å². The number of nitrogens with one attached hydrogen (secondary N) is 1. The van der Waals surface area contributed by atoms with Crippen LogP contribution in [0.15, 0.2) is 18.2 Å². The molecule has 1 aromatic rings. The summed E-state index contributed by atoms with van der Waals surface area (Å²) in [5.74, 6) is 2.49. The molecule has 0 saturated heterocycles. The van der Waals surface area contributed by atoms with Crippen molar-refractivity contribution in [1.29, 1.82) is 0 Å². The summed E-state index contributed by atoms with van der Waals surface area (Å²) in [4.78, 5) is 0. The molecule has 3 rings (SSSR count). The Morgan fingerprint density at radius 2 is 2.26 bits per heavy atom. The average molecular weight is 280 g/mol. The van der Waals surface area contributed by atoms with Crippen molar-refractivity contribution >= 4 is 11.6 Å². The van der Waals surface area contributed by atoms with Gasteiger partial charge in [-0.3, -0.25) is 0 Å². The van der Waals surface area contributed by atoms with Gasteiger partial charge in [-0.15, -0.1) is 11.6 Å². The number of aryl methyl sites for hydroxylation is 1. The van der Waals surface area contributed by atoms with E-state index in [1.54, 1.807) is 0 Å². The van der Waals surface area contributed by atoms with Gasteiger partial charge in [0.2, 0.25) is 0 Å². The summed E-state index contributed by atoms with van der Waals surface area (Å²) in [6.45, 7) is 3.07. The molecule has 0 aromatic heterocycles. The Balaban J connectivity index is 1.53. The molecule has 0 bridgehead atoms. The van der Waals surface area contributed by atoms with E-state index in [2.05, 4.69) is 30.4 Å². The van der Waals surface area contributed by atoms with Gasteiger partial charge >= 0.3 is 0 Å². The Labute approximate surface area is 120 Å². The summed E-state index contributed by atoms with van der Waals surface area (Å²) in [7, 11) is 0. The van der Waals surface area contributed by atoms with Crippen molar-refractivity contribution in [3.63, 3.8) is 0 Å². The van der Waals surface area contributed by atoms with Crippen molar-refractivity contribution in [3.05, 3.63) is 29.3 Å². The molecule has 2 aliphatic rings. The highest BCUT2D eigenvalue weighted by atomic mass is 35.5. The molecular weight excluding hydrogens is 258 g/mol. The van der Waals surface area contributed by atoms with Gasteiger partial charge in [0.05, 0.1) is 0 Å². The van der Waals surface area contributed by atoms with Gasteiger partial charge in [0, 0.05) is 24.9 Å². The van der Waals surface area contributed by atoms with Crippen LogP contribution < -0.4 is 10.1 Å². The van der Waals surface area contributed by atoms with Crippen LogP contribution in [-0.2, 0) is 6.42 Å². The maximum Gasteiger partial charge on any atom is 0.123 e. The van der Waals surface area contributed by atoms with Crippen LogP contribution in [0.3, 0.4) is 0 Å². The Kier molecular flexibility index (Phi) is 3.99. The zero-order chi connectivity index (χ0) is 13.2. The van der Waals surface area contributed by atoms with E-state index < -0.39 is 0 Å². The molecule has 1 saturated carbocycles. The number of rotatable bonds is 4. The van der Waals surface area contributed by atoms with E-state index in [0.717, 1.165) is 24.6 Å². The van der Waals surface area contributed by atoms with Gasteiger partial charge in [-0.25, -0.2) is 0 Å². The first kappa shape index (κ1) is 13.3. The number of hydrogen-bond acceptors (Lipinski definition) is 2. The molecule has 0 spiro atoms. The maximum atomic E-state index is 6.02. The van der Waals surface area contributed by atoms with E-state index in [1.165, 1.54) is 30.4 Å². The van der Waals surface area contributed by atoms with E-state index in [4.69, 9.17) is 16.3 Å². The van der Waals surface area contributed by atoms with Crippen LogP contribution in [0.5, 0.6) is 5.75 Å². The van der Waals surface area contributed by atoms with Gasteiger partial charge in [0.1, 0.15) is 11.9 Å². The minimum atomic E-state index is 0.286. The smallest absolute Gasteiger partial charge is 0.123 e. The molecule has 19 heavy (non-hydrogen) atoms. The third-order valence-corrected chi connectivity index (χ3v) is 4.82. The predicted molar refractivity (Wildman–Crippen MR) is 79.2 cm³/mol. The summed E-state index contributed by atoms with van der Waals surface area (Å²) < 4.78 is 6.00. The van der Waals surface area contributed by atoms with Crippen molar-refractivity contribution in [3.8, 4) is 5.75 Å². The van der Waals surface area contributed by atoms with Crippen LogP contribution in [0, 0.1) is 12.8 Å². The van der Waals surface area contributed by atoms with Crippen LogP contribution >= 0.6 is 11.6 Å². The first-order valence-electron chi connectivity index (χ1n) is 7.32. The van der Waals surface area contributed by atoms with E-state index in [9.17, 15) is 0 Å². The minimum absolute atomic E-state index is 0.286. The van der Waals surface area contributed by atoms with Crippen LogP contribution in [0.2, 0.25) is 0 Å². The minimum Gasteiger partial charge on any atom is -0.488 e. The molecule has 2 nitrogen and oxygen atoms in total. The van der Waals surface area contributed by atoms with Crippen LogP contribution in [0.25, 0.3) is 0 Å². The van der Waals surface area contributed by atoms with Gasteiger partial charge in [0.25, 0.3) is 0 Å². The second kappa shape index (κ2) is 5.72. The Morgan fingerprint density at radius 3 is 3.11 bits per heavy atom. The number of hydrogen-bond donors (Lipinski definition) is 1. The second-order valence-electron chi connectivity index (χ2n) is 5.92. The first-order chi connectivity index (χ1) is 9.26. The third-order valence-electron chi connectivity index (χ3n) is 4.42. The average Bonchev–Trinajstić information content (AvgIpc) is 3.01. The van der Waals surface area contributed by atoms with Crippen molar-refractivity contribution < 1.29 is 4.74 Å². The molecule has 3 heteroatoms. The van der Waals surface area contributed by atoms with Gasteiger partial charge in [-0.2, -0.15) is 0 Å². The molecule has 1 aliphatic heterocycles. The van der Waals surface area contributed by atoms with Gasteiger partial charge in [-0.1, -0.05) is 24.1 Å². The third kappa shape index (κ3) is 2.90. The van der Waals surface area contributed by atoms with Gasteiger partial charge < -0.3 is 10.1 Å². The second-order valence-corrected chi connectivity index (χ2v) is 6.22. The molecule has 1 heterocycles. The lowest BCUT2D eigenvalue weighted by molar-refractivity contribution is 0.217. The summed E-state index contributed by atoms with van der Waals surface area (Å²) in [6, 6.07) is 7.05. The summed E-state index contributed by atoms with van der Waals surface area (Å²) in [5, 5.41) is 3.66. The van der Waals surface area contributed by atoms with Gasteiger partial charge in [0.15, 0.2) is 0 Å². The molecule has 1 aromatic carbocycles. The molecule has 3 unspecified atom stereocenters. The normalized spacial score (nSPS) is 29.3. The fourth-order valence-electron chi connectivity index (χ4n) is 3.34. The highest BCUT2D eigenvalue weighted by Crippen LogP contribution is 2.30. The van der Waals surface area contributed by atoms with Crippen molar-refractivity contribution in [2.24, 2.45) is 5.92 Å². The number of fused-ring (bicyclic) bond motifs is 1. The molecule has 0 amide bonds. The fraction of sp³-hybridized carbons (Fsp3) is 0.625. The quantitative estimate of drug-likeness (QED) is 0.854. The summed E-state index contributed by atoms with van der Waals surface area (Å²) >= 11 is 6.02. The Hall–Kier alpha value is -0.730. The van der Waals surface area contributed by atoms with E-state index in [1.807, 2.05) is 0 Å². The highest BCUT2D eigenvalue weighted by molar-refractivity contribution is 6.18. The molecule has 1 fully saturated rings. The van der Waals surface area contributed by atoms with E-state index in [0.29, 0.717) is 12.0 Å². The van der Waals surface area contributed by atoms with Crippen LogP contribution in [0.4, 0.5) is 0 Å². The Morgan fingerprint density at radius 1 is 1.37 bits per heavy atom. The van der Waals surface area contributed by atoms with Crippen LogP contribution in [0.1, 0.15) is 30.4 Å². The lowest BCUT2D eigenvalue weighted by atomic mass is 10.0. The van der Waals surface area contributed by atoms with Gasteiger partial charge in [-0.05, 0) is 37.3 Å². The molecule has 1 aliphatic carbocycles. The molecule has 104 valence electrons. The summed E-state index contributed by atoms with van der Waals surface area (Å²) in [6.07, 6.45) is 5.15.